The van der Waals surface area contributed by atoms with Gasteiger partial charge in [-0.25, -0.2) is 4.79 Å². The monoisotopic (exact) mass is 894 g/mol. The Morgan fingerprint density at radius 2 is 1.73 bits per heavy atom. The van der Waals surface area contributed by atoms with E-state index in [1.54, 1.807) is 34.1 Å². The minimum absolute atomic E-state index is 0.117. The summed E-state index contributed by atoms with van der Waals surface area (Å²) in [5.74, 6) is -2.55. The maximum Gasteiger partial charge on any atom is 0.407 e. The van der Waals surface area contributed by atoms with Gasteiger partial charge in [0, 0.05) is 63.3 Å². The summed E-state index contributed by atoms with van der Waals surface area (Å²) < 4.78 is 51.7. The number of esters is 1. The summed E-state index contributed by atoms with van der Waals surface area (Å²) in [5.41, 5.74) is 4.15. The lowest BCUT2D eigenvalue weighted by atomic mass is 9.75. The average molecular weight is 894 g/mol. The molecule has 360 valence electrons. The first-order valence-electron chi connectivity index (χ1n) is 23.0. The summed E-state index contributed by atoms with van der Waals surface area (Å²) in [6.45, 7) is 20.1. The van der Waals surface area contributed by atoms with Gasteiger partial charge in [-0.2, -0.15) is 0 Å². The molecule has 6 N–H and O–H groups in total. The van der Waals surface area contributed by atoms with Crippen LogP contribution < -0.4 is 16.4 Å². The molecular weight excluding hydrogens is 815 g/mol. The van der Waals surface area contributed by atoms with Crippen LogP contribution in [0.3, 0.4) is 0 Å². The van der Waals surface area contributed by atoms with Gasteiger partial charge in [-0.1, -0.05) is 33.8 Å². The number of pyridine rings is 1. The molecule has 17 heteroatoms. The molecule has 1 unspecified atom stereocenters. The van der Waals surface area contributed by atoms with Crippen molar-refractivity contribution in [1.29, 1.82) is 0 Å². The SMILES string of the molecule is CC[C@@H]1OC(=O)[C@H](C)[C@@H](O[C@H]2C[C@@](C)(OC)C(OC(=O)NCCNCc3ccccn3)[C@H](C)O2)[C@H](C)[C@@H](O[C@@H]2O[C@H](C)C[C@H](N(C)C)[C@H]2O)[C@@](C)(O)C[C@@H](C)[C@H]2O[C@@]1(C)[C@@H](N)[C@@H]2C. The third kappa shape index (κ3) is 11.7. The molecule has 4 aliphatic rings. The summed E-state index contributed by atoms with van der Waals surface area (Å²) >= 11 is 0. The van der Waals surface area contributed by atoms with Crippen LogP contribution in [-0.2, 0) is 49.2 Å². The maximum atomic E-state index is 14.5. The van der Waals surface area contributed by atoms with Crippen LogP contribution in [0.1, 0.15) is 101 Å². The van der Waals surface area contributed by atoms with Crippen LogP contribution in [0.4, 0.5) is 4.79 Å². The number of aliphatic hydroxyl groups is 2. The number of amides is 1. The number of fused-ring (bicyclic) bond motifs is 2. The molecule has 5 heterocycles. The molecule has 0 radical (unpaired) electrons. The van der Waals surface area contributed by atoms with Crippen LogP contribution in [0, 0.1) is 23.7 Å². The molecule has 4 saturated heterocycles. The van der Waals surface area contributed by atoms with Crippen molar-refractivity contribution in [2.24, 2.45) is 29.4 Å². The number of ether oxygens (including phenoxy) is 8. The smallest absolute Gasteiger partial charge is 0.407 e. The van der Waals surface area contributed by atoms with Gasteiger partial charge in [-0.05, 0) is 93.0 Å². The molecule has 2 bridgehead atoms. The molecule has 5 rings (SSSR count). The van der Waals surface area contributed by atoms with E-state index in [0.717, 1.165) is 5.69 Å². The Balaban J connectivity index is 1.42. The summed E-state index contributed by atoms with van der Waals surface area (Å²) in [6.07, 6.45) is -5.52. The zero-order chi connectivity index (χ0) is 46.6. The minimum atomic E-state index is -1.58. The van der Waals surface area contributed by atoms with Crippen LogP contribution >= 0.6 is 0 Å². The predicted molar refractivity (Wildman–Crippen MR) is 234 cm³/mol. The fourth-order valence-corrected chi connectivity index (χ4v) is 10.6. The third-order valence-electron chi connectivity index (χ3n) is 14.3. The standard InChI is InChI=1S/C46H79N5O12/c1-14-33-46(10)38(47)27(4)36(63-46)25(2)22-44(8,55)39(61-42-35(52)32(51(11)12)21-26(3)57-42)28(5)37(29(6)41(53)59-33)60-34-23-45(9,56-13)40(30(7)58-34)62-43(54)50-20-19-48-24-31-17-15-16-18-49-31/h15-18,25-30,32-40,42,48,52,55H,14,19-24,47H2,1-13H3,(H,50,54)/t25-,26-,27-,28+,29-,30+,32+,33+,34+,35-,36-,37+,38+,39-,40?,42+,44+,45-,46-/m1/s1. The van der Waals surface area contributed by atoms with Gasteiger partial charge >= 0.3 is 12.1 Å². The number of aromatic nitrogens is 1. The molecule has 17 nitrogen and oxygen atoms in total. The second kappa shape index (κ2) is 21.4. The largest absolute Gasteiger partial charge is 0.459 e. The molecular formula is C46H79N5O12. The van der Waals surface area contributed by atoms with Gasteiger partial charge in [0.15, 0.2) is 18.7 Å². The van der Waals surface area contributed by atoms with Crippen molar-refractivity contribution in [2.45, 2.75) is 192 Å². The topological polar surface area (TPSA) is 215 Å². The summed E-state index contributed by atoms with van der Waals surface area (Å²) in [4.78, 5) is 33.9. The Hall–Kier alpha value is -2.55. The molecule has 1 aromatic heterocycles. The highest BCUT2D eigenvalue weighted by molar-refractivity contribution is 5.73. The Kier molecular flexibility index (Phi) is 17.5. The Morgan fingerprint density at radius 3 is 2.37 bits per heavy atom. The number of cyclic esters (lactones) is 1. The van der Waals surface area contributed by atoms with Crippen LogP contribution in [-0.4, -0.2) is 157 Å². The van der Waals surface area contributed by atoms with Gasteiger partial charge in [0.05, 0.1) is 47.7 Å². The summed E-state index contributed by atoms with van der Waals surface area (Å²) in [5, 5.41) is 30.5. The lowest BCUT2D eigenvalue weighted by Gasteiger charge is -2.49. The number of nitrogens with one attached hydrogen (secondary N) is 2. The van der Waals surface area contributed by atoms with Crippen molar-refractivity contribution in [3.8, 4) is 0 Å². The predicted octanol–water partition coefficient (Wildman–Crippen LogP) is 3.51. The number of hydrogen-bond donors (Lipinski definition) is 5. The first kappa shape index (κ1) is 51.4. The maximum absolute atomic E-state index is 14.5. The summed E-state index contributed by atoms with van der Waals surface area (Å²) in [6, 6.07) is 4.95. The molecule has 0 aliphatic carbocycles. The fraction of sp³-hybridized carbons (Fsp3) is 0.848. The molecule has 0 aromatic carbocycles. The first-order valence-corrected chi connectivity index (χ1v) is 23.0. The fourth-order valence-electron chi connectivity index (χ4n) is 10.6. The van der Waals surface area contributed by atoms with E-state index < -0.39 is 95.9 Å². The number of nitrogens with two attached hydrogens (primary N) is 1. The molecule has 1 aromatic rings. The number of carbonyl (C=O) groups excluding carboxylic acids is 2. The number of alkyl carbamates (subject to hydrolysis) is 1. The van der Waals surface area contributed by atoms with Crippen molar-refractivity contribution in [1.82, 2.24) is 20.5 Å². The van der Waals surface area contributed by atoms with Crippen molar-refractivity contribution < 1.29 is 57.7 Å². The van der Waals surface area contributed by atoms with E-state index in [0.29, 0.717) is 32.5 Å². The molecule has 0 spiro atoms. The summed E-state index contributed by atoms with van der Waals surface area (Å²) in [7, 11) is 5.34. The van der Waals surface area contributed by atoms with E-state index in [2.05, 4.69) is 15.6 Å². The molecule has 4 aliphatic heterocycles. The number of likely N-dealkylation sites (N-methyl/N-ethyl adjacent to an activating group) is 1. The number of aliphatic hydroxyl groups excluding tert-OH is 1. The highest BCUT2D eigenvalue weighted by atomic mass is 16.7. The van der Waals surface area contributed by atoms with E-state index in [4.69, 9.17) is 43.6 Å². The van der Waals surface area contributed by atoms with Crippen molar-refractivity contribution >= 4 is 12.1 Å². The molecule has 63 heavy (non-hydrogen) atoms. The van der Waals surface area contributed by atoms with Crippen molar-refractivity contribution in [3.63, 3.8) is 0 Å². The normalized spacial score (nSPS) is 43.9. The second-order valence-corrected chi connectivity index (χ2v) is 19.6. The van der Waals surface area contributed by atoms with Crippen LogP contribution in [0.5, 0.6) is 0 Å². The quantitative estimate of drug-likeness (QED) is 0.142. The van der Waals surface area contributed by atoms with Gasteiger partial charge in [0.25, 0.3) is 0 Å². The lowest BCUT2D eigenvalue weighted by Crippen LogP contribution is -2.61. The third-order valence-corrected chi connectivity index (χ3v) is 14.3. The number of rotatable bonds is 13. The molecule has 4 fully saturated rings. The Labute approximate surface area is 375 Å². The van der Waals surface area contributed by atoms with Gasteiger partial charge in [-0.3, -0.25) is 9.78 Å². The van der Waals surface area contributed by atoms with Gasteiger partial charge < -0.3 is 69.4 Å². The second-order valence-electron chi connectivity index (χ2n) is 19.6. The number of hydrogen-bond acceptors (Lipinski definition) is 16. The highest BCUT2D eigenvalue weighted by Crippen LogP contribution is 2.46. The number of methoxy groups -OCH3 is 1. The van der Waals surface area contributed by atoms with Crippen LogP contribution in [0.15, 0.2) is 24.4 Å². The highest BCUT2D eigenvalue weighted by Gasteiger charge is 2.58. The van der Waals surface area contributed by atoms with E-state index in [1.807, 2.05) is 85.7 Å². The van der Waals surface area contributed by atoms with Gasteiger partial charge in [0.1, 0.15) is 23.4 Å². The van der Waals surface area contributed by atoms with E-state index in [-0.39, 0.29) is 42.9 Å². The van der Waals surface area contributed by atoms with E-state index >= 15 is 0 Å². The molecule has 19 atom stereocenters. The zero-order valence-corrected chi connectivity index (χ0v) is 39.9. The lowest BCUT2D eigenvalue weighted by molar-refractivity contribution is -0.317. The molecule has 1 amide bonds. The Bertz CT molecular complexity index is 1630. The number of nitrogens with zero attached hydrogens (tertiary/aromatic N) is 2. The van der Waals surface area contributed by atoms with E-state index in [9.17, 15) is 19.8 Å². The van der Waals surface area contributed by atoms with Crippen molar-refractivity contribution in [3.05, 3.63) is 30.1 Å². The Morgan fingerprint density at radius 1 is 1.02 bits per heavy atom. The van der Waals surface area contributed by atoms with Gasteiger partial charge in [0.2, 0.25) is 0 Å². The molecule has 0 saturated carbocycles. The van der Waals surface area contributed by atoms with E-state index in [1.165, 1.54) is 0 Å². The van der Waals surface area contributed by atoms with Crippen molar-refractivity contribution in [2.75, 3.05) is 34.3 Å². The van der Waals surface area contributed by atoms with Gasteiger partial charge in [-0.15, -0.1) is 0 Å². The average Bonchev–Trinajstić information content (AvgIpc) is 3.47. The number of carbonyl (C=O) groups is 2. The van der Waals surface area contributed by atoms with Crippen LogP contribution in [0.2, 0.25) is 0 Å². The first-order chi connectivity index (χ1) is 29.6. The minimum Gasteiger partial charge on any atom is -0.459 e. The zero-order valence-electron chi connectivity index (χ0n) is 39.9. The van der Waals surface area contributed by atoms with Crippen LogP contribution in [0.25, 0.3) is 0 Å².